The minimum atomic E-state index is -4.72. The molecule has 0 aromatic heterocycles. The first-order valence-corrected chi connectivity index (χ1v) is 18.6. The van der Waals surface area contributed by atoms with Crippen molar-refractivity contribution in [1.29, 1.82) is 0 Å². The fourth-order valence-electron chi connectivity index (χ4n) is 4.54. The number of carbonyl (C=O) groups excluding carboxylic acids is 4. The van der Waals surface area contributed by atoms with E-state index in [1.54, 1.807) is 112 Å². The summed E-state index contributed by atoms with van der Waals surface area (Å²) in [6.45, 7) is 16.1. The molecule has 15 heteroatoms. The summed E-state index contributed by atoms with van der Waals surface area (Å²) in [7, 11) is -4.72. The van der Waals surface area contributed by atoms with Crippen LogP contribution in [0.15, 0.2) is 83.9 Å². The number of hydrogen-bond acceptors (Lipinski definition) is 11. The molecule has 0 heterocycles. The molecule has 0 aliphatic rings. The second-order valence-corrected chi connectivity index (χ2v) is 16.9. The standard InChI is InChI=1S/C39H50N4O10S/c1-26(41-35(46)52-38(5,6)7)40-30-20-18-29(19-21-30)33(44)50-31-22-16-28(17-23-31)25-43(36(47)53-39(8,9)10)54(48,49)42-32(34(45)51-37(2,3)4)24-27-14-12-11-13-15-27/h11-23,32,42H,24-25H2,1-10H3,(H,40,41,46)/t32-/m0/s1. The average molecular weight is 767 g/mol. The van der Waals surface area contributed by atoms with Crippen LogP contribution in [-0.2, 0) is 42.2 Å². The Bertz CT molecular complexity index is 1910. The average Bonchev–Trinajstić information content (AvgIpc) is 3.02. The van der Waals surface area contributed by atoms with Crippen LogP contribution in [-0.4, -0.2) is 65.5 Å². The number of nitrogens with one attached hydrogen (secondary N) is 2. The van der Waals surface area contributed by atoms with E-state index in [-0.39, 0.29) is 17.7 Å². The van der Waals surface area contributed by atoms with Crippen molar-refractivity contribution in [3.8, 4) is 5.75 Å². The summed E-state index contributed by atoms with van der Waals surface area (Å²) in [5.41, 5.74) is -0.912. The van der Waals surface area contributed by atoms with Gasteiger partial charge in [0.05, 0.1) is 17.8 Å². The zero-order valence-corrected chi connectivity index (χ0v) is 33.2. The molecule has 0 bridgehead atoms. The zero-order chi connectivity index (χ0) is 40.5. The number of benzene rings is 3. The summed E-state index contributed by atoms with van der Waals surface area (Å²) in [6.07, 6.45) is -1.86. The lowest BCUT2D eigenvalue weighted by molar-refractivity contribution is -0.156. The number of nitrogens with zero attached hydrogens (tertiary/aromatic N) is 2. The van der Waals surface area contributed by atoms with E-state index in [4.69, 9.17) is 18.9 Å². The van der Waals surface area contributed by atoms with Crippen LogP contribution in [0.3, 0.4) is 0 Å². The van der Waals surface area contributed by atoms with Crippen LogP contribution >= 0.6 is 0 Å². The number of carbonyl (C=O) groups is 4. The first kappa shape index (κ1) is 43.1. The number of hydrogen-bond donors (Lipinski definition) is 2. The van der Waals surface area contributed by atoms with Crippen LogP contribution in [0, 0.1) is 0 Å². The Balaban J connectivity index is 1.77. The third kappa shape index (κ3) is 15.0. The van der Waals surface area contributed by atoms with Gasteiger partial charge in [-0.3, -0.25) is 10.1 Å². The van der Waals surface area contributed by atoms with E-state index in [2.05, 4.69) is 15.0 Å². The van der Waals surface area contributed by atoms with Crippen molar-refractivity contribution in [1.82, 2.24) is 14.3 Å². The maximum absolute atomic E-state index is 13.9. The van der Waals surface area contributed by atoms with Gasteiger partial charge in [-0.1, -0.05) is 42.5 Å². The van der Waals surface area contributed by atoms with E-state index in [9.17, 15) is 27.6 Å². The lowest BCUT2D eigenvalue weighted by Gasteiger charge is -2.29. The second-order valence-electron chi connectivity index (χ2n) is 15.3. The SMILES string of the molecule is CC(=Nc1ccc(C(=O)Oc2ccc(CN(C(=O)OC(C)(C)C)S(=O)(=O)N[C@@H](Cc3ccccc3)C(=O)OC(C)(C)C)cc2)cc1)NC(=O)OC(C)(C)C. The van der Waals surface area contributed by atoms with E-state index < -0.39 is 63.7 Å². The maximum atomic E-state index is 13.9. The molecule has 0 unspecified atom stereocenters. The second kappa shape index (κ2) is 17.7. The first-order chi connectivity index (χ1) is 24.9. The highest BCUT2D eigenvalue weighted by molar-refractivity contribution is 7.87. The van der Waals surface area contributed by atoms with Crippen LogP contribution < -0.4 is 14.8 Å². The lowest BCUT2D eigenvalue weighted by atomic mass is 10.1. The highest BCUT2D eigenvalue weighted by Crippen LogP contribution is 2.21. The highest BCUT2D eigenvalue weighted by atomic mass is 32.2. The molecule has 0 spiro atoms. The topological polar surface area (TPSA) is 179 Å². The van der Waals surface area contributed by atoms with Gasteiger partial charge in [0, 0.05) is 0 Å². The first-order valence-electron chi connectivity index (χ1n) is 17.2. The minimum absolute atomic E-state index is 0.0436. The predicted octanol–water partition coefficient (Wildman–Crippen LogP) is 7.00. The fraction of sp³-hybridized carbons (Fsp3) is 0.410. The molecule has 2 N–H and O–H groups in total. The molecule has 1 atom stereocenters. The van der Waals surface area contributed by atoms with Crippen molar-refractivity contribution in [3.05, 3.63) is 95.6 Å². The molecule has 0 fully saturated rings. The van der Waals surface area contributed by atoms with Crippen LogP contribution in [0.2, 0.25) is 0 Å². The molecule has 0 aliphatic carbocycles. The summed E-state index contributed by atoms with van der Waals surface area (Å²) in [5.74, 6) is -1.04. The summed E-state index contributed by atoms with van der Waals surface area (Å²) in [4.78, 5) is 55.8. The Labute approximate surface area is 317 Å². The molecular formula is C39H50N4O10S. The molecule has 0 aliphatic heterocycles. The Morgan fingerprint density at radius 2 is 1.28 bits per heavy atom. The van der Waals surface area contributed by atoms with Gasteiger partial charge in [-0.2, -0.15) is 17.4 Å². The normalized spacial score (nSPS) is 13.0. The van der Waals surface area contributed by atoms with Gasteiger partial charge < -0.3 is 18.9 Å². The summed E-state index contributed by atoms with van der Waals surface area (Å²) in [6, 6.07) is 19.5. The van der Waals surface area contributed by atoms with Gasteiger partial charge in [-0.05, 0) is 123 Å². The molecule has 54 heavy (non-hydrogen) atoms. The van der Waals surface area contributed by atoms with Crippen molar-refractivity contribution < 1.29 is 46.5 Å². The Morgan fingerprint density at radius 1 is 0.722 bits per heavy atom. The summed E-state index contributed by atoms with van der Waals surface area (Å²) >= 11 is 0. The highest BCUT2D eigenvalue weighted by Gasteiger charge is 2.37. The van der Waals surface area contributed by atoms with Gasteiger partial charge in [-0.15, -0.1) is 0 Å². The number of alkyl carbamates (subject to hydrolysis) is 1. The van der Waals surface area contributed by atoms with Crippen molar-refractivity contribution in [2.45, 2.75) is 105 Å². The van der Waals surface area contributed by atoms with Gasteiger partial charge in [0.15, 0.2) is 0 Å². The number of amides is 2. The van der Waals surface area contributed by atoms with Gasteiger partial charge in [0.2, 0.25) is 0 Å². The molecule has 14 nitrogen and oxygen atoms in total. The van der Waals surface area contributed by atoms with E-state index in [1.165, 1.54) is 36.4 Å². The summed E-state index contributed by atoms with van der Waals surface area (Å²) < 4.78 is 52.3. The maximum Gasteiger partial charge on any atom is 0.425 e. The molecule has 0 saturated carbocycles. The minimum Gasteiger partial charge on any atom is -0.459 e. The third-order valence-corrected chi connectivity index (χ3v) is 8.13. The van der Waals surface area contributed by atoms with E-state index in [1.807, 2.05) is 0 Å². The van der Waals surface area contributed by atoms with Gasteiger partial charge in [-0.25, -0.2) is 19.4 Å². The molecule has 2 amide bonds. The van der Waals surface area contributed by atoms with Crippen LogP contribution in [0.25, 0.3) is 0 Å². The zero-order valence-electron chi connectivity index (χ0n) is 32.4. The number of rotatable bonds is 11. The molecule has 3 rings (SSSR count). The monoisotopic (exact) mass is 766 g/mol. The molecule has 3 aromatic carbocycles. The predicted molar refractivity (Wildman–Crippen MR) is 204 cm³/mol. The number of amidine groups is 1. The molecule has 0 saturated heterocycles. The third-order valence-electron chi connectivity index (χ3n) is 6.69. The van der Waals surface area contributed by atoms with Crippen molar-refractivity contribution in [2.75, 3.05) is 0 Å². The van der Waals surface area contributed by atoms with Crippen LogP contribution in [0.5, 0.6) is 5.75 Å². The molecule has 3 aromatic rings. The fourth-order valence-corrected chi connectivity index (χ4v) is 5.76. The van der Waals surface area contributed by atoms with E-state index in [0.717, 1.165) is 0 Å². The van der Waals surface area contributed by atoms with Gasteiger partial charge in [0.1, 0.15) is 34.4 Å². The van der Waals surface area contributed by atoms with Crippen molar-refractivity contribution in [3.63, 3.8) is 0 Å². The largest absolute Gasteiger partial charge is 0.459 e. The number of ether oxygens (including phenoxy) is 4. The van der Waals surface area contributed by atoms with Gasteiger partial charge in [0.25, 0.3) is 0 Å². The Morgan fingerprint density at radius 3 is 1.81 bits per heavy atom. The molecular weight excluding hydrogens is 717 g/mol. The summed E-state index contributed by atoms with van der Waals surface area (Å²) in [5, 5.41) is 2.54. The van der Waals surface area contributed by atoms with Crippen LogP contribution in [0.4, 0.5) is 15.3 Å². The molecule has 292 valence electrons. The number of esters is 2. The lowest BCUT2D eigenvalue weighted by Crippen LogP contribution is -2.52. The van der Waals surface area contributed by atoms with E-state index in [0.29, 0.717) is 27.0 Å². The van der Waals surface area contributed by atoms with Crippen molar-refractivity contribution >= 4 is 45.9 Å². The van der Waals surface area contributed by atoms with Crippen LogP contribution in [0.1, 0.15) is 90.7 Å². The van der Waals surface area contributed by atoms with E-state index >= 15 is 0 Å². The van der Waals surface area contributed by atoms with Gasteiger partial charge >= 0.3 is 34.3 Å². The molecule has 0 radical (unpaired) electrons. The smallest absolute Gasteiger partial charge is 0.425 e. The quantitative estimate of drug-likeness (QED) is 0.0678. The Kier molecular flexibility index (Phi) is 14.1. The Hall–Kier alpha value is -5.28. The number of aliphatic imine (C=N–C) groups is 1. The van der Waals surface area contributed by atoms with Crippen molar-refractivity contribution in [2.24, 2.45) is 4.99 Å².